The SMILES string of the molecule is CCC(=O)CCC(=O)OC1[CH-][C@H](C)O[C@@H]1CC.[Y]. The summed E-state index contributed by atoms with van der Waals surface area (Å²) in [6.45, 7) is 5.72. The van der Waals surface area contributed by atoms with Crippen LogP contribution in [0.1, 0.15) is 46.5 Å². The van der Waals surface area contributed by atoms with Gasteiger partial charge in [-0.2, -0.15) is 0 Å². The molecule has 4 nitrogen and oxygen atoms in total. The predicted molar refractivity (Wildman–Crippen MR) is 63.3 cm³/mol. The van der Waals surface area contributed by atoms with E-state index in [1.165, 1.54) is 0 Å². The fourth-order valence-electron chi connectivity index (χ4n) is 1.86. The number of ether oxygens (including phenoxy) is 2. The second-order valence-corrected chi connectivity index (χ2v) is 4.33. The topological polar surface area (TPSA) is 52.6 Å². The Balaban J connectivity index is 0.00000289. The van der Waals surface area contributed by atoms with Crippen molar-refractivity contribution >= 4 is 11.8 Å². The molecular formula is C13H21O4Y-. The van der Waals surface area contributed by atoms with Gasteiger partial charge in [-0.1, -0.05) is 26.9 Å². The van der Waals surface area contributed by atoms with Crippen molar-refractivity contribution in [1.82, 2.24) is 0 Å². The molecule has 0 aromatic rings. The van der Waals surface area contributed by atoms with E-state index in [4.69, 9.17) is 9.47 Å². The van der Waals surface area contributed by atoms with Gasteiger partial charge in [0, 0.05) is 51.7 Å². The summed E-state index contributed by atoms with van der Waals surface area (Å²) < 4.78 is 10.9. The van der Waals surface area contributed by atoms with Crippen molar-refractivity contribution in [2.24, 2.45) is 0 Å². The number of hydrogen-bond donors (Lipinski definition) is 0. The third-order valence-electron chi connectivity index (χ3n) is 2.89. The van der Waals surface area contributed by atoms with E-state index >= 15 is 0 Å². The van der Waals surface area contributed by atoms with E-state index in [-0.39, 0.29) is 75.6 Å². The molecule has 3 atom stereocenters. The van der Waals surface area contributed by atoms with E-state index in [1.807, 2.05) is 20.3 Å². The number of esters is 1. The van der Waals surface area contributed by atoms with Crippen molar-refractivity contribution in [2.45, 2.75) is 64.8 Å². The molecule has 101 valence electrons. The van der Waals surface area contributed by atoms with Crippen molar-refractivity contribution in [3.63, 3.8) is 0 Å². The fraction of sp³-hybridized carbons (Fsp3) is 0.769. The third kappa shape index (κ3) is 5.90. The summed E-state index contributed by atoms with van der Waals surface area (Å²) in [6.07, 6.45) is 3.34. The van der Waals surface area contributed by atoms with Crippen molar-refractivity contribution in [1.29, 1.82) is 0 Å². The van der Waals surface area contributed by atoms with E-state index in [1.54, 1.807) is 6.92 Å². The third-order valence-corrected chi connectivity index (χ3v) is 2.89. The Labute approximate surface area is 134 Å². The normalized spacial score (nSPS) is 26.5. The van der Waals surface area contributed by atoms with Gasteiger partial charge in [0.2, 0.25) is 0 Å². The van der Waals surface area contributed by atoms with Crippen molar-refractivity contribution < 1.29 is 51.8 Å². The van der Waals surface area contributed by atoms with E-state index in [2.05, 4.69) is 0 Å². The maximum Gasteiger partial charge on any atom is 0.303 e. The smallest absolute Gasteiger partial charge is 0.303 e. The number of Topliss-reactive ketones (excluding diaryl/α,β-unsaturated/α-hetero) is 1. The minimum atomic E-state index is -0.316. The summed E-state index contributed by atoms with van der Waals surface area (Å²) >= 11 is 0. The molecule has 0 amide bonds. The minimum Gasteiger partial charge on any atom is -0.493 e. The van der Waals surface area contributed by atoms with Crippen LogP contribution in [0.25, 0.3) is 0 Å². The number of carbonyl (C=O) groups is 2. The van der Waals surface area contributed by atoms with Crippen LogP contribution >= 0.6 is 0 Å². The van der Waals surface area contributed by atoms with Crippen LogP contribution < -0.4 is 0 Å². The molecule has 0 bridgehead atoms. The van der Waals surface area contributed by atoms with Crippen LogP contribution in [0, 0.1) is 6.42 Å². The Morgan fingerprint density at radius 1 is 1.28 bits per heavy atom. The molecule has 1 radical (unpaired) electrons. The molecule has 1 aliphatic rings. The summed E-state index contributed by atoms with van der Waals surface area (Å²) in [5.74, 6) is -0.224. The van der Waals surface area contributed by atoms with Gasteiger partial charge in [0.25, 0.3) is 0 Å². The quantitative estimate of drug-likeness (QED) is 0.553. The number of hydrogen-bond acceptors (Lipinski definition) is 4. The van der Waals surface area contributed by atoms with Gasteiger partial charge in [0.1, 0.15) is 5.78 Å². The zero-order valence-corrected chi connectivity index (χ0v) is 14.2. The largest absolute Gasteiger partial charge is 0.493 e. The fourth-order valence-corrected chi connectivity index (χ4v) is 1.86. The van der Waals surface area contributed by atoms with E-state index < -0.39 is 0 Å². The van der Waals surface area contributed by atoms with Gasteiger partial charge in [-0.25, -0.2) is 0 Å². The first-order chi connectivity index (χ1) is 8.06. The Bertz CT molecular complexity index is 280. The predicted octanol–water partition coefficient (Wildman–Crippen LogP) is 2.06. The van der Waals surface area contributed by atoms with E-state index in [9.17, 15) is 9.59 Å². The van der Waals surface area contributed by atoms with E-state index in [0.29, 0.717) is 6.42 Å². The molecule has 0 N–H and O–H groups in total. The number of rotatable bonds is 6. The summed E-state index contributed by atoms with van der Waals surface area (Å²) in [6, 6.07) is 0. The van der Waals surface area contributed by atoms with Crippen LogP contribution in [0.2, 0.25) is 0 Å². The molecule has 1 saturated heterocycles. The van der Waals surface area contributed by atoms with Gasteiger partial charge < -0.3 is 9.47 Å². The average Bonchev–Trinajstić information content (AvgIpc) is 2.66. The van der Waals surface area contributed by atoms with Crippen LogP contribution in [0.5, 0.6) is 0 Å². The second kappa shape index (κ2) is 9.16. The average molecular weight is 330 g/mol. The zero-order valence-electron chi connectivity index (χ0n) is 11.3. The first kappa shape index (κ1) is 18.2. The van der Waals surface area contributed by atoms with Gasteiger partial charge in [0.15, 0.2) is 0 Å². The monoisotopic (exact) mass is 330 g/mol. The molecule has 0 aromatic heterocycles. The van der Waals surface area contributed by atoms with Crippen molar-refractivity contribution in [2.75, 3.05) is 0 Å². The van der Waals surface area contributed by atoms with Crippen LogP contribution in [0.15, 0.2) is 0 Å². The molecule has 18 heavy (non-hydrogen) atoms. The van der Waals surface area contributed by atoms with Gasteiger partial charge in [-0.15, -0.1) is 0 Å². The van der Waals surface area contributed by atoms with Crippen LogP contribution in [0.4, 0.5) is 0 Å². The van der Waals surface area contributed by atoms with Gasteiger partial charge >= 0.3 is 5.97 Å². The molecule has 0 aromatic carbocycles. The molecule has 1 rings (SSSR count). The summed E-state index contributed by atoms with van der Waals surface area (Å²) in [4.78, 5) is 22.6. The first-order valence-electron chi connectivity index (χ1n) is 6.28. The Morgan fingerprint density at radius 3 is 2.50 bits per heavy atom. The van der Waals surface area contributed by atoms with Gasteiger partial charge in [-0.05, 0) is 6.42 Å². The molecule has 5 heteroatoms. The van der Waals surface area contributed by atoms with Gasteiger partial charge in [0.05, 0.1) is 12.5 Å². The summed E-state index contributed by atoms with van der Waals surface area (Å²) in [5, 5.41) is 0. The second-order valence-electron chi connectivity index (χ2n) is 4.33. The Kier molecular flexibility index (Phi) is 9.27. The molecular weight excluding hydrogens is 309 g/mol. The zero-order chi connectivity index (χ0) is 12.8. The standard InChI is InChI=1S/C13H21O4.Y/c1-4-10(14)6-7-13(15)17-12-8-9(3)16-11(12)5-2;/h8-9,11-12H,4-7H2,1-3H3;/q-1;/t9-,11+,12?;/m0./s1. The van der Waals surface area contributed by atoms with Crippen LogP contribution in [0.3, 0.4) is 0 Å². The van der Waals surface area contributed by atoms with Crippen LogP contribution in [-0.4, -0.2) is 30.1 Å². The number of carbonyl (C=O) groups excluding carboxylic acids is 2. The Hall–Kier alpha value is 0.204. The summed E-state index contributed by atoms with van der Waals surface area (Å²) in [7, 11) is 0. The minimum absolute atomic E-state index is 0. The molecule has 1 aliphatic heterocycles. The molecule has 0 aliphatic carbocycles. The molecule has 1 heterocycles. The van der Waals surface area contributed by atoms with Crippen molar-refractivity contribution in [3.8, 4) is 0 Å². The van der Waals surface area contributed by atoms with Crippen LogP contribution in [-0.2, 0) is 51.8 Å². The summed E-state index contributed by atoms with van der Waals surface area (Å²) in [5.41, 5.74) is 0. The maximum atomic E-state index is 11.5. The van der Waals surface area contributed by atoms with Gasteiger partial charge in [-0.3, -0.25) is 16.0 Å². The molecule has 0 saturated carbocycles. The number of ketones is 1. The maximum absolute atomic E-state index is 11.5. The van der Waals surface area contributed by atoms with E-state index in [0.717, 1.165) is 6.42 Å². The Morgan fingerprint density at radius 2 is 1.94 bits per heavy atom. The van der Waals surface area contributed by atoms with Crippen molar-refractivity contribution in [3.05, 3.63) is 6.42 Å². The molecule has 1 unspecified atom stereocenters. The first-order valence-corrected chi connectivity index (χ1v) is 6.28. The molecule has 1 fully saturated rings. The molecule has 0 spiro atoms.